The highest BCUT2D eigenvalue weighted by Gasteiger charge is 2.15. The maximum absolute atomic E-state index is 10.6. The number of hydrogen-bond acceptors (Lipinski definition) is 1. The average molecular weight is 157 g/mol. The highest BCUT2D eigenvalue weighted by atomic mass is 16.1. The van der Waals surface area contributed by atoms with Crippen molar-refractivity contribution in [3.8, 4) is 0 Å². The summed E-state index contributed by atoms with van der Waals surface area (Å²) in [7, 11) is 0. The van der Waals surface area contributed by atoms with Crippen molar-refractivity contribution in [2.75, 3.05) is 0 Å². The summed E-state index contributed by atoms with van der Waals surface area (Å²) in [5.41, 5.74) is 0.294. The molecule has 0 bridgehead atoms. The van der Waals surface area contributed by atoms with E-state index in [1.807, 2.05) is 6.92 Å². The van der Waals surface area contributed by atoms with E-state index in [9.17, 15) is 4.79 Å². The van der Waals surface area contributed by atoms with E-state index in [0.29, 0.717) is 5.41 Å². The first-order valence-electron chi connectivity index (χ1n) is 4.08. The minimum Gasteiger partial charge on any atom is -0.354 e. The molecule has 0 heterocycles. The van der Waals surface area contributed by atoms with Crippen LogP contribution in [0.3, 0.4) is 0 Å². The van der Waals surface area contributed by atoms with Crippen molar-refractivity contribution in [3.63, 3.8) is 0 Å². The maximum Gasteiger partial charge on any atom is 0.217 e. The van der Waals surface area contributed by atoms with Gasteiger partial charge in [0, 0.05) is 13.0 Å². The van der Waals surface area contributed by atoms with E-state index < -0.39 is 0 Å². The molecule has 66 valence electrons. The van der Waals surface area contributed by atoms with Crippen LogP contribution in [0, 0.1) is 5.41 Å². The Balaban J connectivity index is 3.69. The molecule has 0 aliphatic rings. The third-order valence-corrected chi connectivity index (χ3v) is 1.37. The van der Waals surface area contributed by atoms with Gasteiger partial charge in [0.1, 0.15) is 0 Å². The number of amides is 1. The third kappa shape index (κ3) is 7.37. The molecular weight excluding hydrogens is 138 g/mol. The summed E-state index contributed by atoms with van der Waals surface area (Å²) in [5, 5.41) is 2.86. The molecule has 0 aromatic rings. The van der Waals surface area contributed by atoms with Crippen LogP contribution in [-0.4, -0.2) is 11.9 Å². The van der Waals surface area contributed by atoms with Crippen LogP contribution in [-0.2, 0) is 4.79 Å². The first-order chi connectivity index (χ1) is 4.81. The predicted molar refractivity (Wildman–Crippen MR) is 47.4 cm³/mol. The Morgan fingerprint density at radius 2 is 1.91 bits per heavy atom. The first kappa shape index (κ1) is 10.5. The van der Waals surface area contributed by atoms with Crippen molar-refractivity contribution in [1.29, 1.82) is 0 Å². The molecule has 0 radical (unpaired) electrons. The molecule has 0 aliphatic carbocycles. The summed E-state index contributed by atoms with van der Waals surface area (Å²) in [5.74, 6) is 0.0572. The largest absolute Gasteiger partial charge is 0.354 e. The molecule has 0 unspecified atom stereocenters. The van der Waals surface area contributed by atoms with Crippen LogP contribution in [0.5, 0.6) is 0 Å². The van der Waals surface area contributed by atoms with Gasteiger partial charge in [0.05, 0.1) is 0 Å². The molecule has 1 N–H and O–H groups in total. The van der Waals surface area contributed by atoms with Crippen LogP contribution in [0.25, 0.3) is 0 Å². The fourth-order valence-electron chi connectivity index (χ4n) is 1.32. The standard InChI is InChI=1S/C9H19NO/c1-7(10-8(2)11)6-9(3,4)5/h7H,6H2,1-5H3,(H,10,11)/t7-/m1/s1. The Kier molecular flexibility index (Phi) is 3.56. The Bertz CT molecular complexity index is 135. The zero-order valence-electron chi connectivity index (χ0n) is 8.19. The van der Waals surface area contributed by atoms with Crippen molar-refractivity contribution in [3.05, 3.63) is 0 Å². The number of carbonyl (C=O) groups excluding carboxylic acids is 1. The minimum atomic E-state index is 0.0572. The summed E-state index contributed by atoms with van der Waals surface area (Å²) >= 11 is 0. The molecule has 2 heteroatoms. The van der Waals surface area contributed by atoms with Crippen LogP contribution in [0.1, 0.15) is 41.0 Å². The van der Waals surface area contributed by atoms with E-state index in [0.717, 1.165) is 6.42 Å². The summed E-state index contributed by atoms with van der Waals surface area (Å²) in [6, 6.07) is 0.285. The second-order valence-electron chi connectivity index (χ2n) is 4.37. The Labute approximate surface area is 69.4 Å². The monoisotopic (exact) mass is 157 g/mol. The highest BCUT2D eigenvalue weighted by Crippen LogP contribution is 2.20. The number of rotatable bonds is 2. The molecule has 11 heavy (non-hydrogen) atoms. The van der Waals surface area contributed by atoms with E-state index in [1.165, 1.54) is 0 Å². The van der Waals surface area contributed by atoms with Gasteiger partial charge >= 0.3 is 0 Å². The lowest BCUT2D eigenvalue weighted by molar-refractivity contribution is -0.119. The summed E-state index contributed by atoms with van der Waals surface area (Å²) in [6.07, 6.45) is 1.02. The lowest BCUT2D eigenvalue weighted by Gasteiger charge is -2.23. The fraction of sp³-hybridized carbons (Fsp3) is 0.889. The van der Waals surface area contributed by atoms with E-state index in [2.05, 4.69) is 26.1 Å². The second kappa shape index (κ2) is 3.74. The first-order valence-corrected chi connectivity index (χ1v) is 4.08. The van der Waals surface area contributed by atoms with E-state index in [-0.39, 0.29) is 11.9 Å². The third-order valence-electron chi connectivity index (χ3n) is 1.37. The van der Waals surface area contributed by atoms with Gasteiger partial charge in [-0.05, 0) is 18.8 Å². The van der Waals surface area contributed by atoms with Crippen LogP contribution in [0.4, 0.5) is 0 Å². The summed E-state index contributed by atoms with van der Waals surface area (Å²) in [6.45, 7) is 10.1. The van der Waals surface area contributed by atoms with E-state index in [1.54, 1.807) is 6.92 Å². The molecule has 0 saturated heterocycles. The summed E-state index contributed by atoms with van der Waals surface area (Å²) < 4.78 is 0. The zero-order chi connectivity index (χ0) is 9.07. The zero-order valence-corrected chi connectivity index (χ0v) is 8.19. The smallest absolute Gasteiger partial charge is 0.217 e. The highest BCUT2D eigenvalue weighted by molar-refractivity contribution is 5.73. The Morgan fingerprint density at radius 1 is 1.45 bits per heavy atom. The van der Waals surface area contributed by atoms with Crippen molar-refractivity contribution in [2.45, 2.75) is 47.1 Å². The van der Waals surface area contributed by atoms with Gasteiger partial charge in [0.25, 0.3) is 0 Å². The Morgan fingerprint density at radius 3 is 2.18 bits per heavy atom. The van der Waals surface area contributed by atoms with Gasteiger partial charge in [-0.3, -0.25) is 4.79 Å². The van der Waals surface area contributed by atoms with Crippen molar-refractivity contribution in [1.82, 2.24) is 5.32 Å². The van der Waals surface area contributed by atoms with E-state index >= 15 is 0 Å². The molecule has 2 nitrogen and oxygen atoms in total. The SMILES string of the molecule is CC(=O)N[C@H](C)CC(C)(C)C. The van der Waals surface area contributed by atoms with Crippen LogP contribution >= 0.6 is 0 Å². The van der Waals surface area contributed by atoms with Gasteiger partial charge in [-0.1, -0.05) is 20.8 Å². The molecule has 0 aromatic heterocycles. The lowest BCUT2D eigenvalue weighted by atomic mass is 9.89. The van der Waals surface area contributed by atoms with Crippen LogP contribution in [0.15, 0.2) is 0 Å². The maximum atomic E-state index is 10.6. The molecule has 0 saturated carbocycles. The quantitative estimate of drug-likeness (QED) is 0.652. The van der Waals surface area contributed by atoms with Gasteiger partial charge in [-0.15, -0.1) is 0 Å². The van der Waals surface area contributed by atoms with Gasteiger partial charge in [0.2, 0.25) is 5.91 Å². The topological polar surface area (TPSA) is 29.1 Å². The average Bonchev–Trinajstić information content (AvgIpc) is 1.53. The number of hydrogen-bond donors (Lipinski definition) is 1. The second-order valence-corrected chi connectivity index (χ2v) is 4.37. The van der Waals surface area contributed by atoms with Crippen molar-refractivity contribution >= 4 is 5.91 Å². The molecule has 0 rings (SSSR count). The molecule has 0 aliphatic heterocycles. The number of carbonyl (C=O) groups is 1. The number of nitrogens with one attached hydrogen (secondary N) is 1. The van der Waals surface area contributed by atoms with Gasteiger partial charge in [0.15, 0.2) is 0 Å². The fourth-order valence-corrected chi connectivity index (χ4v) is 1.32. The molecule has 0 aromatic carbocycles. The minimum absolute atomic E-state index is 0.0572. The van der Waals surface area contributed by atoms with Gasteiger partial charge in [-0.25, -0.2) is 0 Å². The summed E-state index contributed by atoms with van der Waals surface area (Å²) in [4.78, 5) is 10.6. The Hall–Kier alpha value is -0.530. The lowest BCUT2D eigenvalue weighted by Crippen LogP contribution is -2.33. The van der Waals surface area contributed by atoms with Gasteiger partial charge in [-0.2, -0.15) is 0 Å². The van der Waals surface area contributed by atoms with Crippen LogP contribution in [0.2, 0.25) is 0 Å². The normalized spacial score (nSPS) is 14.3. The molecular formula is C9H19NO. The molecule has 1 atom stereocenters. The predicted octanol–water partition coefficient (Wildman–Crippen LogP) is 1.95. The van der Waals surface area contributed by atoms with Gasteiger partial charge < -0.3 is 5.32 Å². The molecule has 1 amide bonds. The van der Waals surface area contributed by atoms with Crippen molar-refractivity contribution < 1.29 is 4.79 Å². The van der Waals surface area contributed by atoms with E-state index in [4.69, 9.17) is 0 Å². The molecule has 0 spiro atoms. The van der Waals surface area contributed by atoms with Crippen LogP contribution < -0.4 is 5.32 Å². The molecule has 0 fully saturated rings. The van der Waals surface area contributed by atoms with Crippen molar-refractivity contribution in [2.24, 2.45) is 5.41 Å².